The van der Waals surface area contributed by atoms with Gasteiger partial charge in [-0.05, 0) is 50.7 Å². The van der Waals surface area contributed by atoms with Crippen LogP contribution in [0.1, 0.15) is 50.8 Å². The van der Waals surface area contributed by atoms with Crippen LogP contribution in [0.25, 0.3) is 0 Å². The molecule has 3 heterocycles. The van der Waals surface area contributed by atoms with E-state index in [-0.39, 0.29) is 5.91 Å². The lowest BCUT2D eigenvalue weighted by atomic mass is 9.91. The Morgan fingerprint density at radius 1 is 1.09 bits per heavy atom. The lowest BCUT2D eigenvalue weighted by Gasteiger charge is -2.33. The monoisotopic (exact) mass is 474 g/mol. The lowest BCUT2D eigenvalue weighted by molar-refractivity contribution is -0.144. The maximum Gasteiger partial charge on any atom is 0.451 e. The summed E-state index contributed by atoms with van der Waals surface area (Å²) < 4.78 is 43.2. The van der Waals surface area contributed by atoms with Crippen molar-refractivity contribution in [2.24, 2.45) is 5.92 Å². The van der Waals surface area contributed by atoms with Gasteiger partial charge < -0.3 is 15.1 Å². The molecule has 1 amide bonds. The number of rotatable bonds is 10. The maximum atomic E-state index is 13.4. The van der Waals surface area contributed by atoms with Gasteiger partial charge in [-0.3, -0.25) is 9.52 Å². The average molecular weight is 475 g/mol. The second-order valence-electron chi connectivity index (χ2n) is 8.37. The molecule has 1 aromatic rings. The molecule has 2 N–H and O–H groups in total. The van der Waals surface area contributed by atoms with Crippen LogP contribution >= 0.6 is 11.9 Å². The summed E-state index contributed by atoms with van der Waals surface area (Å²) in [4.78, 5) is 23.4. The first-order valence-electron chi connectivity index (χ1n) is 11.4. The van der Waals surface area contributed by atoms with E-state index >= 15 is 0 Å². The van der Waals surface area contributed by atoms with Gasteiger partial charge >= 0.3 is 6.18 Å². The third-order valence-electron chi connectivity index (χ3n) is 6.03. The zero-order valence-corrected chi connectivity index (χ0v) is 19.4. The van der Waals surface area contributed by atoms with Crippen LogP contribution in [0.4, 0.5) is 24.8 Å². The Morgan fingerprint density at radius 2 is 1.72 bits per heavy atom. The molecule has 0 aliphatic carbocycles. The molecule has 2 fully saturated rings. The van der Waals surface area contributed by atoms with Gasteiger partial charge in [0.2, 0.25) is 11.7 Å². The van der Waals surface area contributed by atoms with Gasteiger partial charge in [0.1, 0.15) is 11.6 Å². The number of alkyl halides is 3. The molecule has 3 rings (SSSR count). The number of halogens is 3. The molecule has 2 aliphatic rings. The smallest absolute Gasteiger partial charge is 0.356 e. The number of piperidine rings is 1. The molecule has 0 spiro atoms. The van der Waals surface area contributed by atoms with E-state index in [9.17, 15) is 18.0 Å². The van der Waals surface area contributed by atoms with E-state index in [1.165, 1.54) is 11.9 Å². The minimum Gasteiger partial charge on any atom is -0.356 e. The highest BCUT2D eigenvalue weighted by atomic mass is 32.2. The van der Waals surface area contributed by atoms with E-state index in [4.69, 9.17) is 0 Å². The summed E-state index contributed by atoms with van der Waals surface area (Å²) in [7, 11) is 0. The second kappa shape index (κ2) is 11.9. The summed E-state index contributed by atoms with van der Waals surface area (Å²) in [5, 5.41) is 2.90. The predicted octanol–water partition coefficient (Wildman–Crippen LogP) is 3.47. The molecule has 180 valence electrons. The summed E-state index contributed by atoms with van der Waals surface area (Å²) in [6.07, 6.45) is 3.41. The fourth-order valence-electron chi connectivity index (χ4n) is 4.26. The van der Waals surface area contributed by atoms with Gasteiger partial charge in [-0.1, -0.05) is 11.9 Å². The molecular formula is C21H33F3N6OS. The average Bonchev–Trinajstić information content (AvgIpc) is 3.31. The molecule has 0 atom stereocenters. The van der Waals surface area contributed by atoms with Crippen LogP contribution < -0.4 is 19.8 Å². The first-order chi connectivity index (χ1) is 15.4. The first kappa shape index (κ1) is 24.9. The molecular weight excluding hydrogens is 441 g/mol. The first-order valence-corrected chi connectivity index (χ1v) is 12.6. The molecule has 2 saturated heterocycles. The Bertz CT molecular complexity index is 737. The fourth-order valence-corrected chi connectivity index (χ4v) is 4.57. The van der Waals surface area contributed by atoms with Crippen molar-refractivity contribution in [3.8, 4) is 0 Å². The van der Waals surface area contributed by atoms with Gasteiger partial charge in [0.15, 0.2) is 0 Å². The molecule has 2 aliphatic heterocycles. The van der Waals surface area contributed by atoms with Crippen LogP contribution in [0.3, 0.4) is 0 Å². The fraction of sp³-hybridized carbons (Fsp3) is 0.762. The van der Waals surface area contributed by atoms with Gasteiger partial charge in [-0.25, -0.2) is 9.97 Å². The molecule has 0 saturated carbocycles. The molecule has 32 heavy (non-hydrogen) atoms. The molecule has 7 nitrogen and oxygen atoms in total. The van der Waals surface area contributed by atoms with Crippen molar-refractivity contribution in [1.29, 1.82) is 0 Å². The minimum absolute atomic E-state index is 0.0699. The molecule has 0 unspecified atom stereocenters. The second-order valence-corrected chi connectivity index (χ2v) is 9.07. The zero-order valence-electron chi connectivity index (χ0n) is 18.6. The lowest BCUT2D eigenvalue weighted by Crippen LogP contribution is -2.35. The van der Waals surface area contributed by atoms with E-state index in [0.29, 0.717) is 43.6 Å². The van der Waals surface area contributed by atoms with E-state index in [1.54, 1.807) is 6.07 Å². The van der Waals surface area contributed by atoms with Crippen molar-refractivity contribution in [2.75, 3.05) is 55.3 Å². The Morgan fingerprint density at radius 3 is 2.31 bits per heavy atom. The van der Waals surface area contributed by atoms with Crippen molar-refractivity contribution in [2.45, 2.75) is 51.1 Å². The predicted molar refractivity (Wildman–Crippen MR) is 122 cm³/mol. The quantitative estimate of drug-likeness (QED) is 0.397. The Kier molecular flexibility index (Phi) is 9.27. The highest BCUT2D eigenvalue weighted by Crippen LogP contribution is 2.33. The highest BCUT2D eigenvalue weighted by Gasteiger charge is 2.37. The van der Waals surface area contributed by atoms with Crippen molar-refractivity contribution in [1.82, 2.24) is 20.0 Å². The molecule has 0 bridgehead atoms. The van der Waals surface area contributed by atoms with Crippen molar-refractivity contribution < 1.29 is 18.0 Å². The van der Waals surface area contributed by atoms with Crippen LogP contribution in [0.5, 0.6) is 0 Å². The molecule has 11 heteroatoms. The van der Waals surface area contributed by atoms with Crippen molar-refractivity contribution in [3.05, 3.63) is 11.9 Å². The van der Waals surface area contributed by atoms with E-state index < -0.39 is 12.0 Å². The van der Waals surface area contributed by atoms with Crippen molar-refractivity contribution in [3.63, 3.8) is 0 Å². The highest BCUT2D eigenvalue weighted by molar-refractivity contribution is 7.96. The number of anilines is 2. The summed E-state index contributed by atoms with van der Waals surface area (Å²) >= 11 is 1.53. The van der Waals surface area contributed by atoms with Crippen LogP contribution in [0, 0.1) is 5.92 Å². The molecule has 0 radical (unpaired) electrons. The Labute approximate surface area is 192 Å². The van der Waals surface area contributed by atoms with Crippen LogP contribution in [0.15, 0.2) is 6.07 Å². The number of hydrogen-bond acceptors (Lipinski definition) is 7. The van der Waals surface area contributed by atoms with Crippen LogP contribution in [-0.2, 0) is 11.0 Å². The van der Waals surface area contributed by atoms with E-state index in [2.05, 4.69) is 20.0 Å². The summed E-state index contributed by atoms with van der Waals surface area (Å²) in [6, 6.07) is 1.71. The third-order valence-corrected chi connectivity index (χ3v) is 6.52. The normalized spacial score (nSPS) is 17.8. The maximum absolute atomic E-state index is 13.4. The summed E-state index contributed by atoms with van der Waals surface area (Å²) in [5.41, 5.74) is 0. The summed E-state index contributed by atoms with van der Waals surface area (Å²) in [6.45, 7) is 4.17. The standard InChI is InChI=1S/C21H33F3N6OS/c1-32-26-10-9-25-19(31)6-4-5-16-7-13-30(14-8-16)18-15-17(29-11-2-3-12-29)27-20(28-18)21(22,23)24/h15-16,26H,2-14H2,1H3,(H,25,31). The van der Waals surface area contributed by atoms with Gasteiger partial charge in [0.05, 0.1) is 0 Å². The number of aromatic nitrogens is 2. The van der Waals surface area contributed by atoms with Crippen molar-refractivity contribution >= 4 is 29.5 Å². The number of hydrogen-bond donors (Lipinski definition) is 2. The number of nitrogens with zero attached hydrogens (tertiary/aromatic N) is 4. The number of carbonyl (C=O) groups excluding carboxylic acids is 1. The zero-order chi connectivity index (χ0) is 23.0. The molecule has 1 aromatic heterocycles. The number of carbonyl (C=O) groups is 1. The number of amides is 1. The SMILES string of the molecule is CSNCCNC(=O)CCCC1CCN(c2cc(N3CCCC3)nc(C(F)(F)F)n2)CC1. The van der Waals surface area contributed by atoms with E-state index in [1.807, 2.05) is 16.1 Å². The van der Waals surface area contributed by atoms with Gasteiger partial charge in [-0.2, -0.15) is 13.2 Å². The largest absolute Gasteiger partial charge is 0.451 e. The van der Waals surface area contributed by atoms with Gasteiger partial charge in [0.25, 0.3) is 0 Å². The topological polar surface area (TPSA) is 73.4 Å². The van der Waals surface area contributed by atoms with Gasteiger partial charge in [-0.15, -0.1) is 0 Å². The Balaban J connectivity index is 1.49. The Hall–Kier alpha value is -1.75. The van der Waals surface area contributed by atoms with E-state index in [0.717, 1.165) is 58.2 Å². The molecule has 0 aromatic carbocycles. The minimum atomic E-state index is -4.56. The third kappa shape index (κ3) is 7.40. The number of nitrogens with one attached hydrogen (secondary N) is 2. The summed E-state index contributed by atoms with van der Waals surface area (Å²) in [5.74, 6) is 0.240. The van der Waals surface area contributed by atoms with Gasteiger partial charge in [0, 0.05) is 51.8 Å². The van der Waals surface area contributed by atoms with Crippen LogP contribution in [-0.4, -0.2) is 61.4 Å². The van der Waals surface area contributed by atoms with Crippen LogP contribution in [0.2, 0.25) is 0 Å².